The average molecular weight is 667 g/mol. The highest BCUT2D eigenvalue weighted by Crippen LogP contribution is 2.30. The van der Waals surface area contributed by atoms with Gasteiger partial charge in [-0.05, 0) is 108 Å². The van der Waals surface area contributed by atoms with Gasteiger partial charge in [0.15, 0.2) is 0 Å². The quantitative estimate of drug-likeness (QED) is 0.0887. The van der Waals surface area contributed by atoms with Crippen molar-refractivity contribution in [1.29, 1.82) is 0 Å². The Bertz CT molecular complexity index is 2110. The van der Waals surface area contributed by atoms with E-state index < -0.39 is 17.8 Å². The molecule has 0 bridgehead atoms. The predicted molar refractivity (Wildman–Crippen MR) is 188 cm³/mol. The minimum Gasteiger partial charge on any atom is -0.478 e. The molecule has 0 aliphatic heterocycles. The van der Waals surface area contributed by atoms with Crippen LogP contribution in [0.25, 0.3) is 11.1 Å². The molecule has 0 radical (unpaired) electrons. The summed E-state index contributed by atoms with van der Waals surface area (Å²) in [5.41, 5.74) is 6.78. The molecular formula is C40H30N2O8. The van der Waals surface area contributed by atoms with Gasteiger partial charge in [-0.25, -0.2) is 9.59 Å². The molecule has 0 saturated carbocycles. The number of carbonyl (C=O) groups is 3. The van der Waals surface area contributed by atoms with Crippen LogP contribution < -0.4 is 20.3 Å². The van der Waals surface area contributed by atoms with Crippen LogP contribution in [0.1, 0.15) is 36.6 Å². The Hall–Kier alpha value is -6.91. The van der Waals surface area contributed by atoms with Gasteiger partial charge in [0.25, 0.3) is 5.91 Å². The molecule has 248 valence electrons. The summed E-state index contributed by atoms with van der Waals surface area (Å²) in [6.07, 6.45) is 0. The molecule has 0 saturated heterocycles. The van der Waals surface area contributed by atoms with Gasteiger partial charge in [-0.2, -0.15) is 0 Å². The molecule has 6 aromatic rings. The lowest BCUT2D eigenvalue weighted by atomic mass is 10.1. The zero-order valence-corrected chi connectivity index (χ0v) is 26.4. The molecule has 6 rings (SSSR count). The van der Waals surface area contributed by atoms with E-state index in [4.69, 9.17) is 14.3 Å². The molecule has 0 aliphatic rings. The first-order valence-electron chi connectivity index (χ1n) is 15.4. The van der Waals surface area contributed by atoms with Gasteiger partial charge >= 0.3 is 11.9 Å². The van der Waals surface area contributed by atoms with Crippen molar-refractivity contribution in [2.45, 2.75) is 6.61 Å². The molecule has 0 heterocycles. The minimum absolute atomic E-state index is 0.0681. The van der Waals surface area contributed by atoms with Crippen molar-refractivity contribution in [2.24, 2.45) is 0 Å². The summed E-state index contributed by atoms with van der Waals surface area (Å²) in [5, 5.41) is 21.4. The molecule has 6 aromatic carbocycles. The molecule has 0 aromatic heterocycles. The van der Waals surface area contributed by atoms with Crippen molar-refractivity contribution < 1.29 is 38.9 Å². The molecular weight excluding hydrogens is 636 g/mol. The highest BCUT2D eigenvalue weighted by molar-refractivity contribution is 6.10. The van der Waals surface area contributed by atoms with Gasteiger partial charge in [0, 0.05) is 5.69 Å². The maximum atomic E-state index is 12.6. The molecule has 1 amide bonds. The summed E-state index contributed by atoms with van der Waals surface area (Å²) in [6.45, 7) is 0.0922. The zero-order chi connectivity index (χ0) is 34.9. The van der Waals surface area contributed by atoms with Gasteiger partial charge < -0.3 is 25.0 Å². The normalized spacial score (nSPS) is 10.6. The molecule has 50 heavy (non-hydrogen) atoms. The molecule has 0 aliphatic carbocycles. The molecule has 4 N–H and O–H groups in total. The van der Waals surface area contributed by atoms with Crippen molar-refractivity contribution in [1.82, 2.24) is 0 Å². The monoisotopic (exact) mass is 666 g/mol. The van der Waals surface area contributed by atoms with E-state index in [0.717, 1.165) is 11.1 Å². The maximum absolute atomic E-state index is 12.6. The second kappa shape index (κ2) is 15.3. The van der Waals surface area contributed by atoms with Gasteiger partial charge in [0.2, 0.25) is 0 Å². The topological polar surface area (TPSA) is 143 Å². The Morgan fingerprint density at radius 2 is 0.900 bits per heavy atom. The predicted octanol–water partition coefficient (Wildman–Crippen LogP) is 9.13. The van der Waals surface area contributed by atoms with E-state index >= 15 is 0 Å². The van der Waals surface area contributed by atoms with E-state index in [1.807, 2.05) is 48.5 Å². The fraction of sp³-hybridized carbons (Fsp3) is 0.0250. The second-order valence-corrected chi connectivity index (χ2v) is 11.0. The van der Waals surface area contributed by atoms with Crippen LogP contribution in [0.5, 0.6) is 23.0 Å². The minimum atomic E-state index is -1.17. The van der Waals surface area contributed by atoms with E-state index in [1.165, 1.54) is 18.2 Å². The Labute approximate surface area is 287 Å². The van der Waals surface area contributed by atoms with E-state index in [9.17, 15) is 24.6 Å². The maximum Gasteiger partial charge on any atom is 0.336 e. The lowest BCUT2D eigenvalue weighted by Crippen LogP contribution is -2.16. The van der Waals surface area contributed by atoms with Crippen molar-refractivity contribution >= 4 is 29.2 Å². The summed E-state index contributed by atoms with van der Waals surface area (Å²) in [6, 6.07) is 42.0. The van der Waals surface area contributed by atoms with Gasteiger partial charge in [-0.3, -0.25) is 15.1 Å². The molecule has 0 fully saturated rings. The average Bonchev–Trinajstić information content (AvgIpc) is 3.14. The largest absolute Gasteiger partial charge is 0.478 e. The van der Waals surface area contributed by atoms with Crippen LogP contribution in [0.2, 0.25) is 0 Å². The number of carboxylic acids is 2. The zero-order valence-electron chi connectivity index (χ0n) is 26.4. The van der Waals surface area contributed by atoms with Gasteiger partial charge in [0.1, 0.15) is 29.6 Å². The number of hydrogen-bond acceptors (Lipinski definition) is 7. The van der Waals surface area contributed by atoms with Crippen LogP contribution >= 0.6 is 0 Å². The first kappa shape index (κ1) is 33.0. The van der Waals surface area contributed by atoms with E-state index in [0.29, 0.717) is 39.9 Å². The first-order chi connectivity index (χ1) is 24.3. The van der Waals surface area contributed by atoms with Crippen molar-refractivity contribution in [3.8, 4) is 34.1 Å². The van der Waals surface area contributed by atoms with Crippen LogP contribution in [0.15, 0.2) is 146 Å². The van der Waals surface area contributed by atoms with Crippen molar-refractivity contribution in [3.63, 3.8) is 0 Å². The Morgan fingerprint density at radius 1 is 0.480 bits per heavy atom. The Kier molecular flexibility index (Phi) is 10.1. The van der Waals surface area contributed by atoms with Gasteiger partial charge in [-0.1, -0.05) is 54.6 Å². The smallest absolute Gasteiger partial charge is 0.336 e. The van der Waals surface area contributed by atoms with Crippen molar-refractivity contribution in [2.75, 3.05) is 10.8 Å². The summed E-state index contributed by atoms with van der Waals surface area (Å²) < 4.78 is 12.0. The number of aromatic carboxylic acids is 2. The third kappa shape index (κ3) is 8.32. The summed E-state index contributed by atoms with van der Waals surface area (Å²) in [5.74, 6) is -0.173. The number of ether oxygens (including phenoxy) is 2. The Balaban J connectivity index is 0.986. The summed E-state index contributed by atoms with van der Waals surface area (Å²) >= 11 is 0. The van der Waals surface area contributed by atoms with Crippen LogP contribution in [-0.4, -0.2) is 28.1 Å². The standard InChI is InChI=1S/C40H30N2O8/c43-38(36-7-3-4-8-37(36)40(46)47)41-29-13-21-33(22-14-29)49-31-17-9-26(10-18-31)27-11-19-32(20-12-27)50-34-23-15-30(16-24-34)42-48-25-28-5-1-2-6-35(28)39(44)45/h1-24,42H,25H2,(H,41,43)(H,44,45)(H,46,47). The number of nitrogens with one attached hydrogen (secondary N) is 2. The fourth-order valence-corrected chi connectivity index (χ4v) is 5.02. The third-order valence-electron chi connectivity index (χ3n) is 7.55. The number of hydrogen-bond donors (Lipinski definition) is 4. The van der Waals surface area contributed by atoms with Gasteiger partial charge in [0.05, 0.1) is 22.4 Å². The number of benzene rings is 6. The third-order valence-corrected chi connectivity index (χ3v) is 7.55. The summed E-state index contributed by atoms with van der Waals surface area (Å²) in [7, 11) is 0. The van der Waals surface area contributed by atoms with Crippen LogP contribution in [0, 0.1) is 0 Å². The van der Waals surface area contributed by atoms with Gasteiger partial charge in [-0.15, -0.1) is 0 Å². The highest BCUT2D eigenvalue weighted by Gasteiger charge is 2.16. The number of amides is 1. The Morgan fingerprint density at radius 3 is 1.40 bits per heavy atom. The fourth-order valence-electron chi connectivity index (χ4n) is 5.02. The van der Waals surface area contributed by atoms with Crippen LogP contribution in [0.3, 0.4) is 0 Å². The SMILES string of the molecule is O=C(O)c1ccccc1CONc1ccc(Oc2ccc(-c3ccc(Oc4ccc(NC(=O)c5ccccc5C(=O)O)cc4)cc3)cc2)cc1. The van der Waals surface area contributed by atoms with Crippen LogP contribution in [0.4, 0.5) is 11.4 Å². The lowest BCUT2D eigenvalue weighted by Gasteiger charge is -2.11. The van der Waals surface area contributed by atoms with E-state index in [1.54, 1.807) is 78.9 Å². The van der Waals surface area contributed by atoms with E-state index in [2.05, 4.69) is 10.8 Å². The number of anilines is 2. The number of carboxylic acid groups (broad SMARTS) is 2. The first-order valence-corrected chi connectivity index (χ1v) is 15.4. The molecule has 0 spiro atoms. The second-order valence-electron chi connectivity index (χ2n) is 11.0. The van der Waals surface area contributed by atoms with Crippen LogP contribution in [-0.2, 0) is 11.4 Å². The highest BCUT2D eigenvalue weighted by atomic mass is 16.6. The molecule has 0 unspecified atom stereocenters. The number of carbonyl (C=O) groups excluding carboxylic acids is 1. The number of rotatable bonds is 13. The lowest BCUT2D eigenvalue weighted by molar-refractivity contribution is 0.0682. The summed E-state index contributed by atoms with van der Waals surface area (Å²) in [4.78, 5) is 40.9. The molecule has 0 atom stereocenters. The molecule has 10 nitrogen and oxygen atoms in total. The van der Waals surface area contributed by atoms with Crippen molar-refractivity contribution in [3.05, 3.63) is 168 Å². The molecule has 10 heteroatoms. The van der Waals surface area contributed by atoms with E-state index in [-0.39, 0.29) is 23.3 Å².